The highest BCUT2D eigenvalue weighted by Crippen LogP contribution is 2.31. The Hall–Kier alpha value is -3.10. The maximum atomic E-state index is 13.0. The number of alkyl halides is 5. The average Bonchev–Trinajstić information content (AvgIpc) is 3.25. The molecule has 0 aliphatic heterocycles. The number of aliphatic carboxylic acids is 1. The van der Waals surface area contributed by atoms with Crippen LogP contribution in [0.5, 0.6) is 0 Å². The number of halogens is 5. The van der Waals surface area contributed by atoms with Gasteiger partial charge in [0, 0.05) is 17.6 Å². The number of nitrogens with one attached hydrogen (secondary N) is 2. The standard InChI is InChI=1S/C20H21F2N3O3S.C2HF3O2/c21-19(22)18-11-17-16(9-10-23-20(17)24-18)12-1-7-15(8-2-12)29(27,28)25-13-3-5-14(26)6-4-13;3-2(4,5)1(6)7/h1-2,7-11,13-14,19,25-26H,3-6H2,(H,23,24);(H,6,7). The van der Waals surface area contributed by atoms with Gasteiger partial charge in [0.1, 0.15) is 5.65 Å². The number of hydrogen-bond acceptors (Lipinski definition) is 5. The number of hydrogen-bond donors (Lipinski definition) is 4. The summed E-state index contributed by atoms with van der Waals surface area (Å²) in [5.74, 6) is -2.76. The minimum atomic E-state index is -5.08. The number of fused-ring (bicyclic) bond motifs is 1. The van der Waals surface area contributed by atoms with Crippen molar-refractivity contribution >= 4 is 27.0 Å². The fourth-order valence-corrected chi connectivity index (χ4v) is 5.02. The van der Waals surface area contributed by atoms with Gasteiger partial charge in [-0.3, -0.25) is 0 Å². The van der Waals surface area contributed by atoms with E-state index in [0.717, 1.165) is 0 Å². The number of sulfonamides is 1. The lowest BCUT2D eigenvalue weighted by Crippen LogP contribution is -2.38. The molecule has 0 spiro atoms. The van der Waals surface area contributed by atoms with E-state index >= 15 is 0 Å². The second-order valence-corrected chi connectivity index (χ2v) is 9.81. The number of aliphatic hydroxyl groups is 1. The van der Waals surface area contributed by atoms with Crippen molar-refractivity contribution in [2.45, 2.75) is 55.3 Å². The first kappa shape index (κ1) is 27.5. The van der Waals surface area contributed by atoms with E-state index < -0.39 is 28.6 Å². The first-order chi connectivity index (χ1) is 16.8. The van der Waals surface area contributed by atoms with E-state index in [1.54, 1.807) is 18.2 Å². The summed E-state index contributed by atoms with van der Waals surface area (Å²) in [6, 6.07) is 9.21. The Morgan fingerprint density at radius 2 is 1.67 bits per heavy atom. The van der Waals surface area contributed by atoms with E-state index in [2.05, 4.69) is 14.7 Å². The molecule has 0 saturated heterocycles. The van der Waals surface area contributed by atoms with Crippen molar-refractivity contribution in [3.8, 4) is 11.1 Å². The van der Waals surface area contributed by atoms with Crippen LogP contribution in [0.15, 0.2) is 47.5 Å². The second-order valence-electron chi connectivity index (χ2n) is 8.10. The third-order valence-electron chi connectivity index (χ3n) is 5.52. The molecule has 2 aromatic heterocycles. The smallest absolute Gasteiger partial charge is 0.475 e. The number of aliphatic hydroxyl groups excluding tert-OH is 1. The molecule has 2 heterocycles. The third-order valence-corrected chi connectivity index (χ3v) is 7.06. The minimum Gasteiger partial charge on any atom is -0.475 e. The molecule has 0 radical (unpaired) electrons. The number of aromatic amines is 1. The number of rotatable bonds is 5. The number of carbonyl (C=O) groups is 1. The van der Waals surface area contributed by atoms with Gasteiger partial charge >= 0.3 is 12.1 Å². The summed E-state index contributed by atoms with van der Waals surface area (Å²) >= 11 is 0. The molecular weight excluding hydrogens is 513 g/mol. The Balaban J connectivity index is 0.000000454. The van der Waals surface area contributed by atoms with Crippen LogP contribution in [0.25, 0.3) is 22.2 Å². The monoisotopic (exact) mass is 535 g/mol. The molecular formula is C22H22F5N3O5S. The van der Waals surface area contributed by atoms with E-state index in [-0.39, 0.29) is 22.7 Å². The largest absolute Gasteiger partial charge is 0.490 e. The van der Waals surface area contributed by atoms with E-state index in [0.29, 0.717) is 47.8 Å². The highest BCUT2D eigenvalue weighted by Gasteiger charge is 2.38. The molecule has 0 atom stereocenters. The van der Waals surface area contributed by atoms with E-state index in [1.807, 2.05) is 0 Å². The molecule has 36 heavy (non-hydrogen) atoms. The van der Waals surface area contributed by atoms with Crippen LogP contribution in [0.1, 0.15) is 37.8 Å². The Bertz CT molecular complexity index is 1300. The van der Waals surface area contributed by atoms with Crippen LogP contribution in [-0.4, -0.2) is 52.9 Å². The highest BCUT2D eigenvalue weighted by molar-refractivity contribution is 7.89. The number of carboxylic acid groups (broad SMARTS) is 1. The normalized spacial score (nSPS) is 18.6. The van der Waals surface area contributed by atoms with Gasteiger partial charge in [-0.25, -0.2) is 31.7 Å². The van der Waals surface area contributed by atoms with Crippen molar-refractivity contribution in [1.82, 2.24) is 14.7 Å². The second kappa shape index (κ2) is 10.9. The third kappa shape index (κ3) is 6.77. The SMILES string of the molecule is O=C(O)C(F)(F)F.O=S(=O)(NC1CCC(O)CC1)c1ccc(-c2ccnc3[nH]c(C(F)F)cc23)cc1. The number of H-pyrrole nitrogens is 1. The first-order valence-electron chi connectivity index (χ1n) is 10.6. The zero-order chi connectivity index (χ0) is 26.7. The molecule has 1 fully saturated rings. The van der Waals surface area contributed by atoms with Crippen LogP contribution in [-0.2, 0) is 14.8 Å². The zero-order valence-corrected chi connectivity index (χ0v) is 19.3. The molecule has 0 unspecified atom stereocenters. The summed E-state index contributed by atoms with van der Waals surface area (Å²) in [5, 5.41) is 17.2. The van der Waals surface area contributed by atoms with Crippen molar-refractivity contribution < 1.29 is 45.4 Å². The van der Waals surface area contributed by atoms with E-state index in [4.69, 9.17) is 9.90 Å². The highest BCUT2D eigenvalue weighted by atomic mass is 32.2. The Morgan fingerprint density at radius 3 is 2.19 bits per heavy atom. The number of aromatic nitrogens is 2. The van der Waals surface area contributed by atoms with E-state index in [9.17, 15) is 35.5 Å². The van der Waals surface area contributed by atoms with Gasteiger partial charge < -0.3 is 15.2 Å². The molecule has 14 heteroatoms. The summed E-state index contributed by atoms with van der Waals surface area (Å²) in [4.78, 5) is 15.7. The van der Waals surface area contributed by atoms with Crippen molar-refractivity contribution in [3.05, 3.63) is 48.3 Å². The van der Waals surface area contributed by atoms with Crippen LogP contribution in [0.4, 0.5) is 22.0 Å². The van der Waals surface area contributed by atoms with Gasteiger partial charge in [0.05, 0.1) is 16.7 Å². The lowest BCUT2D eigenvalue weighted by atomic mass is 9.94. The number of carboxylic acids is 1. The Morgan fingerprint density at radius 1 is 1.08 bits per heavy atom. The average molecular weight is 535 g/mol. The van der Waals surface area contributed by atoms with Gasteiger partial charge in [-0.1, -0.05) is 12.1 Å². The molecule has 4 N–H and O–H groups in total. The van der Waals surface area contributed by atoms with Gasteiger partial charge in [0.25, 0.3) is 6.43 Å². The Labute approximate surface area is 202 Å². The number of pyridine rings is 1. The van der Waals surface area contributed by atoms with Crippen molar-refractivity contribution in [2.24, 2.45) is 0 Å². The van der Waals surface area contributed by atoms with E-state index in [1.165, 1.54) is 24.4 Å². The van der Waals surface area contributed by atoms with Crippen molar-refractivity contribution in [2.75, 3.05) is 0 Å². The summed E-state index contributed by atoms with van der Waals surface area (Å²) in [7, 11) is -3.68. The van der Waals surface area contributed by atoms with Gasteiger partial charge in [0.2, 0.25) is 10.0 Å². The predicted octanol–water partition coefficient (Wildman–Crippen LogP) is 4.38. The van der Waals surface area contributed by atoms with Gasteiger partial charge in [-0.05, 0) is 61.1 Å². The van der Waals surface area contributed by atoms with Crippen molar-refractivity contribution in [1.29, 1.82) is 0 Å². The van der Waals surface area contributed by atoms with Crippen LogP contribution in [0.2, 0.25) is 0 Å². The molecule has 4 rings (SSSR count). The fraction of sp³-hybridized carbons (Fsp3) is 0.364. The first-order valence-corrected chi connectivity index (χ1v) is 12.1. The topological polar surface area (TPSA) is 132 Å². The van der Waals surface area contributed by atoms with Gasteiger partial charge in [0.15, 0.2) is 0 Å². The molecule has 1 aliphatic rings. The molecule has 3 aromatic rings. The molecule has 196 valence electrons. The maximum Gasteiger partial charge on any atom is 0.490 e. The molecule has 0 bridgehead atoms. The van der Waals surface area contributed by atoms with Crippen molar-refractivity contribution in [3.63, 3.8) is 0 Å². The Kier molecular flexibility index (Phi) is 8.31. The number of nitrogens with zero attached hydrogens (tertiary/aromatic N) is 1. The summed E-state index contributed by atoms with van der Waals surface area (Å²) < 4.78 is 85.7. The van der Waals surface area contributed by atoms with Crippen LogP contribution >= 0.6 is 0 Å². The molecule has 8 nitrogen and oxygen atoms in total. The van der Waals surface area contributed by atoms with Gasteiger partial charge in [-0.15, -0.1) is 0 Å². The van der Waals surface area contributed by atoms with Crippen LogP contribution in [0.3, 0.4) is 0 Å². The van der Waals surface area contributed by atoms with Crippen LogP contribution in [0, 0.1) is 0 Å². The quantitative estimate of drug-likeness (QED) is 0.359. The maximum absolute atomic E-state index is 13.0. The lowest BCUT2D eigenvalue weighted by molar-refractivity contribution is -0.192. The van der Waals surface area contributed by atoms with Crippen LogP contribution < -0.4 is 4.72 Å². The fourth-order valence-electron chi connectivity index (χ4n) is 3.71. The summed E-state index contributed by atoms with van der Waals surface area (Å²) in [5.41, 5.74) is 1.55. The summed E-state index contributed by atoms with van der Waals surface area (Å²) in [6.07, 6.45) is -4.17. The zero-order valence-electron chi connectivity index (χ0n) is 18.5. The van der Waals surface area contributed by atoms with Gasteiger partial charge in [-0.2, -0.15) is 13.2 Å². The minimum absolute atomic E-state index is 0.139. The number of benzene rings is 1. The summed E-state index contributed by atoms with van der Waals surface area (Å²) in [6.45, 7) is 0. The molecule has 1 saturated carbocycles. The molecule has 0 amide bonds. The predicted molar refractivity (Wildman–Crippen MR) is 119 cm³/mol. The lowest BCUT2D eigenvalue weighted by Gasteiger charge is -2.26. The molecule has 1 aliphatic carbocycles. The molecule has 1 aromatic carbocycles.